The van der Waals surface area contributed by atoms with Crippen LogP contribution in [0, 0.1) is 0 Å². The largest absolute Gasteiger partial charge is 0.497 e. The van der Waals surface area contributed by atoms with Gasteiger partial charge in [0.1, 0.15) is 5.75 Å². The molecule has 1 aliphatic rings. The SMILES string of the molecule is COc1ccc2c(c1)C(C)(C)C(=O)C(c1ccccc1)=C2c1ccccc1. The zero-order valence-electron chi connectivity index (χ0n) is 15.8. The zero-order valence-corrected chi connectivity index (χ0v) is 15.8. The maximum Gasteiger partial charge on any atom is 0.174 e. The molecule has 0 unspecified atom stereocenters. The molecule has 3 aromatic rings. The lowest BCUT2D eigenvalue weighted by molar-refractivity contribution is -0.118. The minimum absolute atomic E-state index is 0.133. The van der Waals surface area contributed by atoms with Crippen molar-refractivity contribution in [2.24, 2.45) is 0 Å². The Morgan fingerprint density at radius 3 is 1.85 bits per heavy atom. The molecule has 0 aromatic heterocycles. The maximum absolute atomic E-state index is 13.7. The van der Waals surface area contributed by atoms with E-state index >= 15 is 0 Å². The average molecular weight is 354 g/mol. The van der Waals surface area contributed by atoms with Crippen LogP contribution < -0.4 is 4.74 Å². The van der Waals surface area contributed by atoms with Gasteiger partial charge in [-0.2, -0.15) is 0 Å². The van der Waals surface area contributed by atoms with E-state index < -0.39 is 5.41 Å². The molecule has 0 spiro atoms. The second-order valence-corrected chi connectivity index (χ2v) is 7.35. The van der Waals surface area contributed by atoms with Crippen molar-refractivity contribution in [2.75, 3.05) is 7.11 Å². The molecule has 4 rings (SSSR count). The molecule has 0 amide bonds. The number of fused-ring (bicyclic) bond motifs is 1. The van der Waals surface area contributed by atoms with E-state index in [1.807, 2.05) is 74.5 Å². The standard InChI is InChI=1S/C25H22O2/c1-25(2)21-16-19(27-3)14-15-20(21)22(17-10-6-4-7-11-17)23(24(25)26)18-12-8-5-9-13-18/h4-16H,1-3H3. The van der Waals surface area contributed by atoms with E-state index in [2.05, 4.69) is 18.2 Å². The van der Waals surface area contributed by atoms with Crippen LogP contribution in [0.5, 0.6) is 5.75 Å². The molecule has 0 atom stereocenters. The number of ketones is 1. The molecular weight excluding hydrogens is 332 g/mol. The zero-order chi connectivity index (χ0) is 19.0. The van der Waals surface area contributed by atoms with Crippen molar-refractivity contribution in [3.8, 4) is 5.75 Å². The number of carbonyl (C=O) groups is 1. The smallest absolute Gasteiger partial charge is 0.174 e. The van der Waals surface area contributed by atoms with E-state index in [-0.39, 0.29) is 5.78 Å². The van der Waals surface area contributed by atoms with Crippen LogP contribution in [0.2, 0.25) is 0 Å². The third kappa shape index (κ3) is 2.78. The minimum Gasteiger partial charge on any atom is -0.497 e. The van der Waals surface area contributed by atoms with Crippen LogP contribution >= 0.6 is 0 Å². The first-order chi connectivity index (χ1) is 13.0. The number of rotatable bonds is 3. The van der Waals surface area contributed by atoms with E-state index in [9.17, 15) is 4.79 Å². The highest BCUT2D eigenvalue weighted by Crippen LogP contribution is 2.47. The van der Waals surface area contributed by atoms with E-state index in [1.54, 1.807) is 7.11 Å². The maximum atomic E-state index is 13.7. The summed E-state index contributed by atoms with van der Waals surface area (Å²) in [4.78, 5) is 13.7. The molecule has 2 nitrogen and oxygen atoms in total. The molecule has 27 heavy (non-hydrogen) atoms. The van der Waals surface area contributed by atoms with Gasteiger partial charge >= 0.3 is 0 Å². The molecule has 134 valence electrons. The van der Waals surface area contributed by atoms with Gasteiger partial charge in [0.05, 0.1) is 12.5 Å². The van der Waals surface area contributed by atoms with Crippen molar-refractivity contribution in [3.05, 3.63) is 101 Å². The number of hydrogen-bond acceptors (Lipinski definition) is 2. The van der Waals surface area contributed by atoms with Gasteiger partial charge in [-0.3, -0.25) is 4.79 Å². The summed E-state index contributed by atoms with van der Waals surface area (Å²) in [6.45, 7) is 4.00. The highest BCUT2D eigenvalue weighted by Gasteiger charge is 2.41. The molecule has 0 fully saturated rings. The predicted octanol–water partition coefficient (Wildman–Crippen LogP) is 5.51. The Labute approximate surface area is 160 Å². The lowest BCUT2D eigenvalue weighted by atomic mass is 9.66. The third-order valence-corrected chi connectivity index (χ3v) is 5.34. The quantitative estimate of drug-likeness (QED) is 0.619. The van der Waals surface area contributed by atoms with Crippen LogP contribution in [-0.4, -0.2) is 12.9 Å². The Morgan fingerprint density at radius 2 is 1.30 bits per heavy atom. The molecular formula is C25H22O2. The van der Waals surface area contributed by atoms with Gasteiger partial charge in [-0.25, -0.2) is 0 Å². The predicted molar refractivity (Wildman–Crippen MR) is 110 cm³/mol. The number of hydrogen-bond donors (Lipinski definition) is 0. The number of carbonyl (C=O) groups excluding carboxylic acids is 1. The first-order valence-electron chi connectivity index (χ1n) is 9.13. The van der Waals surface area contributed by atoms with Gasteiger partial charge in [-0.05, 0) is 48.2 Å². The van der Waals surface area contributed by atoms with Gasteiger partial charge in [-0.15, -0.1) is 0 Å². The lowest BCUT2D eigenvalue weighted by Gasteiger charge is -2.35. The van der Waals surface area contributed by atoms with Gasteiger partial charge in [0, 0.05) is 11.1 Å². The van der Waals surface area contributed by atoms with Crippen LogP contribution in [0.1, 0.15) is 36.1 Å². The van der Waals surface area contributed by atoms with Crippen molar-refractivity contribution < 1.29 is 9.53 Å². The highest BCUT2D eigenvalue weighted by molar-refractivity contribution is 6.35. The Bertz CT molecular complexity index is 1030. The second kappa shape index (κ2) is 6.55. The first-order valence-corrected chi connectivity index (χ1v) is 9.13. The number of ether oxygens (including phenoxy) is 1. The number of benzene rings is 3. The van der Waals surface area contributed by atoms with Gasteiger partial charge in [-0.1, -0.05) is 66.7 Å². The summed E-state index contributed by atoms with van der Waals surface area (Å²) in [7, 11) is 1.66. The van der Waals surface area contributed by atoms with Crippen molar-refractivity contribution in [1.29, 1.82) is 0 Å². The Morgan fingerprint density at radius 1 is 0.741 bits per heavy atom. The lowest BCUT2D eigenvalue weighted by Crippen LogP contribution is -2.35. The normalized spacial score (nSPS) is 15.4. The molecule has 0 radical (unpaired) electrons. The molecule has 0 aliphatic heterocycles. The van der Waals surface area contributed by atoms with Crippen molar-refractivity contribution in [1.82, 2.24) is 0 Å². The average Bonchev–Trinajstić information content (AvgIpc) is 2.71. The minimum atomic E-state index is -0.632. The Hall–Kier alpha value is -3.13. The van der Waals surface area contributed by atoms with Crippen LogP contribution in [0.4, 0.5) is 0 Å². The fourth-order valence-electron chi connectivity index (χ4n) is 3.85. The first kappa shape index (κ1) is 17.3. The van der Waals surface area contributed by atoms with Gasteiger partial charge < -0.3 is 4.74 Å². The Balaban J connectivity index is 2.11. The summed E-state index contributed by atoms with van der Waals surface area (Å²) in [6, 6.07) is 26.2. The topological polar surface area (TPSA) is 26.3 Å². The molecule has 0 bridgehead atoms. The third-order valence-electron chi connectivity index (χ3n) is 5.34. The monoisotopic (exact) mass is 354 g/mol. The van der Waals surface area contributed by atoms with Crippen molar-refractivity contribution in [2.45, 2.75) is 19.3 Å². The fourth-order valence-corrected chi connectivity index (χ4v) is 3.85. The summed E-state index contributed by atoms with van der Waals surface area (Å²) >= 11 is 0. The van der Waals surface area contributed by atoms with Gasteiger partial charge in [0.2, 0.25) is 0 Å². The Kier molecular flexibility index (Phi) is 4.19. The number of methoxy groups -OCH3 is 1. The van der Waals surface area contributed by atoms with E-state index in [0.29, 0.717) is 0 Å². The number of Topliss-reactive ketones (excluding diaryl/α,β-unsaturated/α-hetero) is 1. The van der Waals surface area contributed by atoms with E-state index in [0.717, 1.165) is 39.1 Å². The van der Waals surface area contributed by atoms with Crippen molar-refractivity contribution >= 4 is 16.9 Å². The summed E-state index contributed by atoms with van der Waals surface area (Å²) in [5.41, 5.74) is 5.24. The van der Waals surface area contributed by atoms with E-state index in [4.69, 9.17) is 4.74 Å². The van der Waals surface area contributed by atoms with Crippen LogP contribution in [0.3, 0.4) is 0 Å². The molecule has 0 saturated heterocycles. The highest BCUT2D eigenvalue weighted by atomic mass is 16.5. The fraction of sp³-hybridized carbons (Fsp3) is 0.160. The van der Waals surface area contributed by atoms with Crippen LogP contribution in [-0.2, 0) is 10.2 Å². The van der Waals surface area contributed by atoms with Crippen LogP contribution in [0.15, 0.2) is 78.9 Å². The second-order valence-electron chi connectivity index (χ2n) is 7.35. The molecule has 2 heteroatoms. The summed E-state index contributed by atoms with van der Waals surface area (Å²) in [5.74, 6) is 0.901. The van der Waals surface area contributed by atoms with Gasteiger partial charge in [0.15, 0.2) is 5.78 Å². The molecule has 3 aromatic carbocycles. The summed E-state index contributed by atoms with van der Waals surface area (Å²) in [5, 5.41) is 0. The van der Waals surface area contributed by atoms with Gasteiger partial charge in [0.25, 0.3) is 0 Å². The molecule has 0 N–H and O–H groups in total. The van der Waals surface area contributed by atoms with E-state index in [1.165, 1.54) is 0 Å². The molecule has 0 saturated carbocycles. The number of allylic oxidation sites excluding steroid dienone is 1. The molecule has 1 aliphatic carbocycles. The van der Waals surface area contributed by atoms with Crippen molar-refractivity contribution in [3.63, 3.8) is 0 Å². The molecule has 0 heterocycles. The summed E-state index contributed by atoms with van der Waals surface area (Å²) in [6.07, 6.45) is 0. The van der Waals surface area contributed by atoms with Crippen LogP contribution in [0.25, 0.3) is 11.1 Å². The summed E-state index contributed by atoms with van der Waals surface area (Å²) < 4.78 is 5.43.